The van der Waals surface area contributed by atoms with E-state index >= 15 is 0 Å². The van der Waals surface area contributed by atoms with Gasteiger partial charge in [0.2, 0.25) is 5.70 Å². The molecule has 0 saturated carbocycles. The van der Waals surface area contributed by atoms with Crippen molar-refractivity contribution in [3.05, 3.63) is 46.2 Å². The predicted molar refractivity (Wildman–Crippen MR) is 100 cm³/mol. The molecule has 0 saturated heterocycles. The molecule has 0 N–H and O–H groups in total. The first-order valence-corrected chi connectivity index (χ1v) is 9.20. The molecule has 4 heteroatoms. The first kappa shape index (κ1) is 22.3. The van der Waals surface area contributed by atoms with E-state index in [9.17, 15) is 14.9 Å². The van der Waals surface area contributed by atoms with Gasteiger partial charge in [0.15, 0.2) is 6.29 Å². The van der Waals surface area contributed by atoms with Crippen LogP contribution in [0.15, 0.2) is 36.1 Å². The van der Waals surface area contributed by atoms with Gasteiger partial charge in [0, 0.05) is 6.42 Å². The molecular formula is C20H32NO3. The van der Waals surface area contributed by atoms with Crippen LogP contribution < -0.4 is 0 Å². The summed E-state index contributed by atoms with van der Waals surface area (Å²) >= 11 is 0. The summed E-state index contributed by atoms with van der Waals surface area (Å²) < 4.78 is 0. The van der Waals surface area contributed by atoms with Crippen molar-refractivity contribution in [3.63, 3.8) is 0 Å². The lowest BCUT2D eigenvalue weighted by atomic mass is 10.1. The molecule has 0 bridgehead atoms. The highest BCUT2D eigenvalue weighted by Crippen LogP contribution is 2.09. The lowest BCUT2D eigenvalue weighted by Crippen LogP contribution is -1.97. The summed E-state index contributed by atoms with van der Waals surface area (Å²) in [7, 11) is 0. The number of hydrogen-bond acceptors (Lipinski definition) is 3. The maximum Gasteiger partial charge on any atom is 0.246 e. The minimum atomic E-state index is -0.301. The topological polar surface area (TPSA) is 60.2 Å². The molecule has 0 aliphatic heterocycles. The molecule has 0 aromatic rings. The number of carbonyl (C=O) groups excluding carboxylic acids is 1. The molecule has 0 aromatic heterocycles. The number of nitro groups is 1. The fourth-order valence-corrected chi connectivity index (χ4v) is 2.31. The van der Waals surface area contributed by atoms with Crippen LogP contribution in [0.25, 0.3) is 0 Å². The Kier molecular flexibility index (Phi) is 16.4. The zero-order chi connectivity index (χ0) is 17.9. The van der Waals surface area contributed by atoms with E-state index < -0.39 is 0 Å². The van der Waals surface area contributed by atoms with Crippen LogP contribution in [0.5, 0.6) is 0 Å². The molecule has 0 fully saturated rings. The van der Waals surface area contributed by atoms with E-state index in [-0.39, 0.29) is 10.6 Å². The molecular weight excluding hydrogens is 302 g/mol. The minimum Gasteiger partial charge on any atom is -0.291 e. The van der Waals surface area contributed by atoms with Gasteiger partial charge >= 0.3 is 0 Å². The van der Waals surface area contributed by atoms with Gasteiger partial charge in [-0.2, -0.15) is 0 Å². The van der Waals surface area contributed by atoms with Crippen molar-refractivity contribution in [2.75, 3.05) is 0 Å². The second kappa shape index (κ2) is 17.6. The third-order valence-electron chi connectivity index (χ3n) is 3.76. The van der Waals surface area contributed by atoms with Crippen LogP contribution in [0.1, 0.15) is 84.0 Å². The van der Waals surface area contributed by atoms with Crippen molar-refractivity contribution in [2.24, 2.45) is 0 Å². The summed E-state index contributed by atoms with van der Waals surface area (Å²) in [5.74, 6) is 0. The molecule has 4 nitrogen and oxygen atoms in total. The fraction of sp³-hybridized carbons (Fsp3) is 0.650. The van der Waals surface area contributed by atoms with E-state index in [0.717, 1.165) is 19.3 Å². The Labute approximate surface area is 146 Å². The summed E-state index contributed by atoms with van der Waals surface area (Å²) in [6, 6.07) is 0. The molecule has 0 rings (SSSR count). The van der Waals surface area contributed by atoms with Gasteiger partial charge in [-0.1, -0.05) is 63.3 Å². The highest BCUT2D eigenvalue weighted by molar-refractivity contribution is 5.50. The van der Waals surface area contributed by atoms with Crippen LogP contribution in [0.4, 0.5) is 0 Å². The first-order chi connectivity index (χ1) is 11.7. The first-order valence-electron chi connectivity index (χ1n) is 9.20. The molecule has 24 heavy (non-hydrogen) atoms. The molecule has 0 aliphatic carbocycles. The van der Waals surface area contributed by atoms with Crippen LogP contribution in [0.2, 0.25) is 0 Å². The Morgan fingerprint density at radius 2 is 1.62 bits per heavy atom. The van der Waals surface area contributed by atoms with Gasteiger partial charge in [-0.05, 0) is 38.2 Å². The number of hydrogen-bond donors (Lipinski definition) is 0. The van der Waals surface area contributed by atoms with Crippen LogP contribution in [-0.4, -0.2) is 11.2 Å². The van der Waals surface area contributed by atoms with Gasteiger partial charge in [-0.15, -0.1) is 0 Å². The average molecular weight is 334 g/mol. The molecule has 0 aliphatic rings. The molecule has 0 aromatic carbocycles. The SMILES string of the molecule is CCCCCCCC/C=C\C/C(=C\C/C=C\CCC[C]=O)[N+](=O)[O-]. The lowest BCUT2D eigenvalue weighted by molar-refractivity contribution is -0.427. The fourth-order valence-electron chi connectivity index (χ4n) is 2.31. The van der Waals surface area contributed by atoms with Gasteiger partial charge in [0.05, 0.1) is 11.3 Å². The second-order valence-corrected chi connectivity index (χ2v) is 5.93. The highest BCUT2D eigenvalue weighted by atomic mass is 16.6. The van der Waals surface area contributed by atoms with Crippen LogP contribution in [0.3, 0.4) is 0 Å². The van der Waals surface area contributed by atoms with Crippen LogP contribution in [0, 0.1) is 10.1 Å². The van der Waals surface area contributed by atoms with Gasteiger partial charge in [-0.3, -0.25) is 14.9 Å². The van der Waals surface area contributed by atoms with Crippen molar-refractivity contribution in [3.8, 4) is 0 Å². The molecule has 0 heterocycles. The van der Waals surface area contributed by atoms with Crippen molar-refractivity contribution >= 4 is 6.29 Å². The Morgan fingerprint density at radius 1 is 0.958 bits per heavy atom. The summed E-state index contributed by atoms with van der Waals surface area (Å²) in [5, 5.41) is 11.0. The van der Waals surface area contributed by atoms with Gasteiger partial charge in [-0.25, -0.2) is 0 Å². The lowest BCUT2D eigenvalue weighted by Gasteiger charge is -1.97. The monoisotopic (exact) mass is 334 g/mol. The number of nitrogens with zero attached hydrogens (tertiary/aromatic N) is 1. The van der Waals surface area contributed by atoms with Gasteiger partial charge in [0.1, 0.15) is 0 Å². The van der Waals surface area contributed by atoms with E-state index in [0.29, 0.717) is 19.3 Å². The second-order valence-electron chi connectivity index (χ2n) is 5.93. The van der Waals surface area contributed by atoms with E-state index in [2.05, 4.69) is 13.0 Å². The van der Waals surface area contributed by atoms with Crippen molar-refractivity contribution in [2.45, 2.75) is 84.0 Å². The average Bonchev–Trinajstić information content (AvgIpc) is 2.57. The van der Waals surface area contributed by atoms with Gasteiger partial charge in [0.25, 0.3) is 0 Å². The molecule has 0 atom stereocenters. The van der Waals surface area contributed by atoms with E-state index in [1.54, 1.807) is 6.08 Å². The van der Waals surface area contributed by atoms with E-state index in [1.165, 1.54) is 38.5 Å². The van der Waals surface area contributed by atoms with Gasteiger partial charge < -0.3 is 0 Å². The summed E-state index contributed by atoms with van der Waals surface area (Å²) in [6.45, 7) is 2.21. The Hall–Kier alpha value is -1.71. The quantitative estimate of drug-likeness (QED) is 0.149. The Bertz CT molecular complexity index is 411. The standard InChI is InChI=1S/C20H32NO3/c1-2-3-4-5-6-7-8-11-14-17-20(21(23)24)18-15-12-9-10-13-16-19-22/h9,11-12,14,18H,2-8,10,13,15-17H2,1H3/b12-9-,14-11-,20-18+. The van der Waals surface area contributed by atoms with Crippen LogP contribution >= 0.6 is 0 Å². The largest absolute Gasteiger partial charge is 0.291 e. The third-order valence-corrected chi connectivity index (χ3v) is 3.76. The highest BCUT2D eigenvalue weighted by Gasteiger charge is 2.06. The molecule has 1 radical (unpaired) electrons. The zero-order valence-electron chi connectivity index (χ0n) is 15.0. The van der Waals surface area contributed by atoms with Crippen LogP contribution in [-0.2, 0) is 4.79 Å². The number of rotatable bonds is 16. The smallest absolute Gasteiger partial charge is 0.246 e. The maximum absolute atomic E-state index is 11.0. The normalized spacial score (nSPS) is 12.3. The van der Waals surface area contributed by atoms with Crippen molar-refractivity contribution < 1.29 is 9.72 Å². The summed E-state index contributed by atoms with van der Waals surface area (Å²) in [4.78, 5) is 20.7. The maximum atomic E-state index is 11.0. The van der Waals surface area contributed by atoms with E-state index in [4.69, 9.17) is 0 Å². The predicted octanol–water partition coefficient (Wildman–Crippen LogP) is 6.07. The minimum absolute atomic E-state index is 0.250. The third kappa shape index (κ3) is 15.2. The Balaban J connectivity index is 3.90. The molecule has 0 amide bonds. The summed E-state index contributed by atoms with van der Waals surface area (Å²) in [6.07, 6.45) is 22.9. The van der Waals surface area contributed by atoms with E-state index in [1.807, 2.05) is 24.5 Å². The van der Waals surface area contributed by atoms with Crippen molar-refractivity contribution in [1.29, 1.82) is 0 Å². The summed E-state index contributed by atoms with van der Waals surface area (Å²) in [5.41, 5.74) is 0.250. The molecule has 0 spiro atoms. The van der Waals surface area contributed by atoms with Crippen molar-refractivity contribution in [1.82, 2.24) is 0 Å². The Morgan fingerprint density at radius 3 is 2.33 bits per heavy atom. The molecule has 135 valence electrons. The zero-order valence-corrected chi connectivity index (χ0v) is 15.0. The number of allylic oxidation sites excluding steroid dienone is 5. The molecule has 0 unspecified atom stereocenters. The number of unbranched alkanes of at least 4 members (excludes halogenated alkanes) is 8.